The molecule has 1 aromatic carbocycles. The van der Waals surface area contributed by atoms with Crippen molar-refractivity contribution in [2.75, 3.05) is 13.1 Å². The number of benzene rings is 1. The summed E-state index contributed by atoms with van der Waals surface area (Å²) >= 11 is 9.10. The number of hydrogen-bond donors (Lipinski definition) is 1. The van der Waals surface area contributed by atoms with E-state index in [1.807, 2.05) is 0 Å². The Labute approximate surface area is 130 Å². The van der Waals surface area contributed by atoms with Crippen LogP contribution in [-0.4, -0.2) is 36.9 Å². The Balaban J connectivity index is 2.14. The van der Waals surface area contributed by atoms with E-state index in [2.05, 4.69) is 15.9 Å². The number of sulfonamides is 1. The van der Waals surface area contributed by atoms with E-state index in [-0.39, 0.29) is 18.8 Å². The SMILES string of the molecule is O=C(O)C1CCN(S(=O)(=O)Cc2ccc(Cl)cc2Br)C1. The Morgan fingerprint density at radius 2 is 2.20 bits per heavy atom. The fourth-order valence-corrected chi connectivity index (χ4v) is 4.74. The van der Waals surface area contributed by atoms with E-state index in [0.717, 1.165) is 0 Å². The molecule has 1 N–H and O–H groups in total. The highest BCUT2D eigenvalue weighted by atomic mass is 79.9. The van der Waals surface area contributed by atoms with Crippen LogP contribution in [-0.2, 0) is 20.6 Å². The van der Waals surface area contributed by atoms with Crippen LogP contribution >= 0.6 is 27.5 Å². The third kappa shape index (κ3) is 3.52. The van der Waals surface area contributed by atoms with Gasteiger partial charge in [0.1, 0.15) is 0 Å². The summed E-state index contributed by atoms with van der Waals surface area (Å²) in [6.07, 6.45) is 0.357. The van der Waals surface area contributed by atoms with Crippen molar-refractivity contribution in [2.45, 2.75) is 12.2 Å². The van der Waals surface area contributed by atoms with Crippen LogP contribution in [0.3, 0.4) is 0 Å². The summed E-state index contributed by atoms with van der Waals surface area (Å²) in [5, 5.41) is 9.44. The van der Waals surface area contributed by atoms with Crippen molar-refractivity contribution in [1.82, 2.24) is 4.31 Å². The van der Waals surface area contributed by atoms with Crippen molar-refractivity contribution in [3.05, 3.63) is 33.3 Å². The zero-order valence-electron chi connectivity index (χ0n) is 10.4. The monoisotopic (exact) mass is 381 g/mol. The predicted octanol–water partition coefficient (Wildman–Crippen LogP) is 2.34. The number of rotatable bonds is 4. The first-order valence-corrected chi connectivity index (χ1v) is 8.72. The van der Waals surface area contributed by atoms with Gasteiger partial charge in [-0.1, -0.05) is 33.6 Å². The Morgan fingerprint density at radius 3 is 2.75 bits per heavy atom. The second kappa shape index (κ2) is 6.01. The summed E-state index contributed by atoms with van der Waals surface area (Å²) in [5.41, 5.74) is 0.605. The highest BCUT2D eigenvalue weighted by Gasteiger charge is 2.35. The molecular formula is C12H13BrClNO4S. The lowest BCUT2D eigenvalue weighted by Gasteiger charge is -2.16. The molecule has 1 aliphatic heterocycles. The summed E-state index contributed by atoms with van der Waals surface area (Å²) in [6, 6.07) is 4.91. The van der Waals surface area contributed by atoms with Gasteiger partial charge >= 0.3 is 5.97 Å². The fraction of sp³-hybridized carbons (Fsp3) is 0.417. The second-order valence-electron chi connectivity index (χ2n) is 4.67. The lowest BCUT2D eigenvalue weighted by molar-refractivity contribution is -0.141. The number of halogens is 2. The van der Waals surface area contributed by atoms with Gasteiger partial charge in [0.2, 0.25) is 10.0 Å². The van der Waals surface area contributed by atoms with Crippen molar-refractivity contribution in [1.29, 1.82) is 0 Å². The molecule has 1 aromatic rings. The highest BCUT2D eigenvalue weighted by Crippen LogP contribution is 2.26. The first-order valence-electron chi connectivity index (χ1n) is 5.94. The largest absolute Gasteiger partial charge is 0.481 e. The lowest BCUT2D eigenvalue weighted by atomic mass is 10.1. The van der Waals surface area contributed by atoms with E-state index in [1.54, 1.807) is 18.2 Å². The summed E-state index contributed by atoms with van der Waals surface area (Å²) in [6.45, 7) is 0.299. The lowest BCUT2D eigenvalue weighted by Crippen LogP contribution is -2.31. The first-order chi connectivity index (χ1) is 9.29. The van der Waals surface area contributed by atoms with Gasteiger partial charge in [-0.25, -0.2) is 12.7 Å². The Morgan fingerprint density at radius 1 is 1.50 bits per heavy atom. The Hall–Kier alpha value is -0.630. The molecule has 0 amide bonds. The standard InChI is InChI=1S/C12H13BrClNO4S/c13-11-5-10(14)2-1-9(11)7-20(18,19)15-4-3-8(6-15)12(16)17/h1-2,5,8H,3-4,6-7H2,(H,16,17). The molecule has 0 saturated carbocycles. The maximum Gasteiger partial charge on any atom is 0.307 e. The molecule has 2 rings (SSSR count). The normalized spacial score (nSPS) is 20.2. The molecule has 1 aliphatic rings. The highest BCUT2D eigenvalue weighted by molar-refractivity contribution is 9.10. The summed E-state index contributed by atoms with van der Waals surface area (Å²) in [7, 11) is -3.52. The van der Waals surface area contributed by atoms with Crippen LogP contribution in [0.2, 0.25) is 5.02 Å². The third-order valence-corrected chi connectivity index (χ3v) is 6.01. The maximum atomic E-state index is 12.3. The van der Waals surface area contributed by atoms with Crippen LogP contribution in [0.15, 0.2) is 22.7 Å². The number of carboxylic acids is 1. The average molecular weight is 383 g/mol. The molecular weight excluding hydrogens is 370 g/mol. The zero-order chi connectivity index (χ0) is 14.9. The predicted molar refractivity (Wildman–Crippen MR) is 79.1 cm³/mol. The van der Waals surface area contributed by atoms with Crippen LogP contribution in [0.5, 0.6) is 0 Å². The van der Waals surface area contributed by atoms with Crippen LogP contribution < -0.4 is 0 Å². The van der Waals surface area contributed by atoms with Crippen LogP contribution in [0.4, 0.5) is 0 Å². The molecule has 0 spiro atoms. The molecule has 1 saturated heterocycles. The number of hydrogen-bond acceptors (Lipinski definition) is 3. The van der Waals surface area contributed by atoms with Crippen LogP contribution in [0.1, 0.15) is 12.0 Å². The molecule has 1 unspecified atom stereocenters. The van der Waals surface area contributed by atoms with E-state index < -0.39 is 21.9 Å². The van der Waals surface area contributed by atoms with E-state index in [1.165, 1.54) is 4.31 Å². The molecule has 8 heteroatoms. The number of aliphatic carboxylic acids is 1. The molecule has 1 atom stereocenters. The third-order valence-electron chi connectivity index (χ3n) is 3.25. The van der Waals surface area contributed by atoms with Gasteiger partial charge in [-0.05, 0) is 24.1 Å². The Bertz CT molecular complexity index is 634. The van der Waals surface area contributed by atoms with Crippen LogP contribution in [0, 0.1) is 5.92 Å². The van der Waals surface area contributed by atoms with Gasteiger partial charge in [0.05, 0.1) is 11.7 Å². The van der Waals surface area contributed by atoms with E-state index >= 15 is 0 Å². The minimum atomic E-state index is -3.52. The molecule has 0 aromatic heterocycles. The fourth-order valence-electron chi connectivity index (χ4n) is 2.11. The molecule has 110 valence electrons. The van der Waals surface area contributed by atoms with Gasteiger partial charge in [-0.15, -0.1) is 0 Å². The van der Waals surface area contributed by atoms with Crippen molar-refractivity contribution >= 4 is 43.5 Å². The van der Waals surface area contributed by atoms with Gasteiger partial charge < -0.3 is 5.11 Å². The van der Waals surface area contributed by atoms with Crippen LogP contribution in [0.25, 0.3) is 0 Å². The smallest absolute Gasteiger partial charge is 0.307 e. The quantitative estimate of drug-likeness (QED) is 0.867. The molecule has 0 aliphatic carbocycles. The molecule has 20 heavy (non-hydrogen) atoms. The molecule has 0 bridgehead atoms. The van der Waals surface area contributed by atoms with Gasteiger partial charge in [0.15, 0.2) is 0 Å². The van der Waals surface area contributed by atoms with Crippen molar-refractivity contribution in [2.24, 2.45) is 5.92 Å². The van der Waals surface area contributed by atoms with E-state index in [4.69, 9.17) is 16.7 Å². The summed E-state index contributed by atoms with van der Waals surface area (Å²) in [5.74, 6) is -1.73. The van der Waals surface area contributed by atoms with Crippen molar-refractivity contribution < 1.29 is 18.3 Å². The average Bonchev–Trinajstić information content (AvgIpc) is 2.83. The van der Waals surface area contributed by atoms with E-state index in [9.17, 15) is 13.2 Å². The maximum absolute atomic E-state index is 12.3. The van der Waals surface area contributed by atoms with Crippen molar-refractivity contribution in [3.8, 4) is 0 Å². The van der Waals surface area contributed by atoms with Gasteiger partial charge in [0, 0.05) is 22.6 Å². The number of carbonyl (C=O) groups is 1. The molecule has 0 radical (unpaired) electrons. The van der Waals surface area contributed by atoms with Crippen molar-refractivity contribution in [3.63, 3.8) is 0 Å². The summed E-state index contributed by atoms with van der Waals surface area (Å²) in [4.78, 5) is 10.9. The number of nitrogens with zero attached hydrogens (tertiary/aromatic N) is 1. The zero-order valence-corrected chi connectivity index (χ0v) is 13.6. The topological polar surface area (TPSA) is 74.7 Å². The molecule has 1 fully saturated rings. The minimum Gasteiger partial charge on any atom is -0.481 e. The van der Waals surface area contributed by atoms with Gasteiger partial charge in [-0.2, -0.15) is 0 Å². The van der Waals surface area contributed by atoms with Gasteiger partial charge in [0.25, 0.3) is 0 Å². The first kappa shape index (κ1) is 15.8. The number of carboxylic acid groups (broad SMARTS) is 1. The summed E-state index contributed by atoms with van der Waals surface area (Å²) < 4.78 is 26.4. The Kier molecular flexibility index (Phi) is 4.73. The molecule has 5 nitrogen and oxygen atoms in total. The minimum absolute atomic E-state index is 0.0445. The van der Waals surface area contributed by atoms with E-state index in [0.29, 0.717) is 21.5 Å². The second-order valence-corrected chi connectivity index (χ2v) is 7.93. The van der Waals surface area contributed by atoms with Gasteiger partial charge in [-0.3, -0.25) is 4.79 Å². The molecule has 1 heterocycles.